The average Bonchev–Trinajstić information content (AvgIpc) is 2.38. The van der Waals surface area contributed by atoms with Crippen LogP contribution in [0, 0.1) is 0 Å². The topological polar surface area (TPSA) is 95.5 Å². The van der Waals surface area contributed by atoms with Crippen LogP contribution in [-0.4, -0.2) is 29.9 Å². The molecule has 0 bridgehead atoms. The summed E-state index contributed by atoms with van der Waals surface area (Å²) in [6, 6.07) is 6.82. The van der Waals surface area contributed by atoms with Crippen molar-refractivity contribution in [1.29, 1.82) is 0 Å². The number of benzene rings is 1. The van der Waals surface area contributed by atoms with Crippen molar-refractivity contribution < 1.29 is 19.5 Å². The number of carboxylic acids is 1. The summed E-state index contributed by atoms with van der Waals surface area (Å²) in [5, 5.41) is 13.4. The molecule has 0 spiro atoms. The zero-order chi connectivity index (χ0) is 14.3. The number of nitrogens with one attached hydrogen (secondary N) is 2. The third-order valence-electron chi connectivity index (χ3n) is 2.28. The molecular formula is C13H14N2O4. The van der Waals surface area contributed by atoms with Gasteiger partial charge in [0.25, 0.3) is 0 Å². The highest BCUT2D eigenvalue weighted by Crippen LogP contribution is 2.15. The van der Waals surface area contributed by atoms with E-state index in [2.05, 4.69) is 10.6 Å². The number of anilines is 1. The van der Waals surface area contributed by atoms with Crippen LogP contribution in [0.2, 0.25) is 0 Å². The van der Waals surface area contributed by atoms with Crippen molar-refractivity contribution in [2.24, 2.45) is 0 Å². The molecule has 0 saturated heterocycles. The first-order chi connectivity index (χ1) is 9.02. The summed E-state index contributed by atoms with van der Waals surface area (Å²) in [6.07, 6.45) is 1.80. The highest BCUT2D eigenvalue weighted by Gasteiger charge is 2.07. The van der Waals surface area contributed by atoms with E-state index in [1.807, 2.05) is 0 Å². The van der Waals surface area contributed by atoms with Crippen LogP contribution in [0.15, 0.2) is 36.4 Å². The lowest BCUT2D eigenvalue weighted by atomic mass is 10.1. The molecule has 0 aliphatic carbocycles. The number of aliphatic carboxylic acids is 1. The summed E-state index contributed by atoms with van der Waals surface area (Å²) >= 11 is 0. The Hall–Kier alpha value is -2.63. The van der Waals surface area contributed by atoms with Crippen LogP contribution in [-0.2, 0) is 20.8 Å². The van der Waals surface area contributed by atoms with E-state index in [9.17, 15) is 14.4 Å². The second-order valence-corrected chi connectivity index (χ2v) is 3.67. The van der Waals surface area contributed by atoms with E-state index in [1.165, 1.54) is 7.05 Å². The second kappa shape index (κ2) is 6.95. The van der Waals surface area contributed by atoms with Crippen LogP contribution >= 0.6 is 0 Å². The van der Waals surface area contributed by atoms with Gasteiger partial charge in [0.2, 0.25) is 11.8 Å². The number of hydrogen-bond acceptors (Lipinski definition) is 3. The maximum Gasteiger partial charge on any atom is 0.328 e. The van der Waals surface area contributed by atoms with Crippen LogP contribution in [0.1, 0.15) is 5.56 Å². The highest BCUT2D eigenvalue weighted by atomic mass is 16.4. The lowest BCUT2D eigenvalue weighted by molar-refractivity contribution is -0.131. The van der Waals surface area contributed by atoms with Gasteiger partial charge < -0.3 is 15.7 Å². The molecule has 1 rings (SSSR count). The van der Waals surface area contributed by atoms with Gasteiger partial charge in [-0.05, 0) is 11.6 Å². The molecule has 0 saturated carbocycles. The van der Waals surface area contributed by atoms with Gasteiger partial charge >= 0.3 is 5.97 Å². The van der Waals surface area contributed by atoms with Gasteiger partial charge in [0.15, 0.2) is 0 Å². The van der Waals surface area contributed by atoms with Gasteiger partial charge in [0.1, 0.15) is 0 Å². The van der Waals surface area contributed by atoms with Gasteiger partial charge in [0.05, 0.1) is 6.42 Å². The minimum atomic E-state index is -1.20. The summed E-state index contributed by atoms with van der Waals surface area (Å²) in [4.78, 5) is 33.1. The summed E-state index contributed by atoms with van der Waals surface area (Å²) in [7, 11) is 1.53. The molecule has 0 aliphatic heterocycles. The third kappa shape index (κ3) is 5.03. The Labute approximate surface area is 110 Å². The summed E-state index contributed by atoms with van der Waals surface area (Å²) < 4.78 is 0. The predicted octanol–water partition coefficient (Wildman–Crippen LogP) is 0.554. The molecule has 1 aromatic rings. The largest absolute Gasteiger partial charge is 0.478 e. The van der Waals surface area contributed by atoms with E-state index in [1.54, 1.807) is 24.3 Å². The number of para-hydroxylation sites is 1. The molecule has 6 nitrogen and oxygen atoms in total. The Morgan fingerprint density at radius 3 is 2.53 bits per heavy atom. The maximum absolute atomic E-state index is 11.5. The van der Waals surface area contributed by atoms with E-state index in [4.69, 9.17) is 5.11 Å². The first-order valence-electron chi connectivity index (χ1n) is 5.53. The molecule has 19 heavy (non-hydrogen) atoms. The number of hydrogen-bond donors (Lipinski definition) is 3. The number of amides is 2. The molecule has 0 unspecified atom stereocenters. The van der Waals surface area contributed by atoms with Crippen molar-refractivity contribution in [3.63, 3.8) is 0 Å². The minimum Gasteiger partial charge on any atom is -0.478 e. The van der Waals surface area contributed by atoms with Gasteiger partial charge in [-0.2, -0.15) is 0 Å². The Morgan fingerprint density at radius 1 is 1.21 bits per heavy atom. The van der Waals surface area contributed by atoms with E-state index >= 15 is 0 Å². The fourth-order valence-electron chi connectivity index (χ4n) is 1.38. The number of carbonyl (C=O) groups excluding carboxylic acids is 2. The van der Waals surface area contributed by atoms with Crippen molar-refractivity contribution >= 4 is 23.5 Å². The second-order valence-electron chi connectivity index (χ2n) is 3.67. The lowest BCUT2D eigenvalue weighted by Crippen LogP contribution is -2.21. The third-order valence-corrected chi connectivity index (χ3v) is 2.28. The lowest BCUT2D eigenvalue weighted by Gasteiger charge is -2.08. The minimum absolute atomic E-state index is 0.135. The molecule has 2 amide bonds. The molecule has 3 N–H and O–H groups in total. The van der Waals surface area contributed by atoms with Gasteiger partial charge in [0, 0.05) is 24.9 Å². The number of rotatable bonds is 5. The molecule has 0 radical (unpaired) electrons. The molecule has 1 aromatic carbocycles. The van der Waals surface area contributed by atoms with Gasteiger partial charge in [-0.1, -0.05) is 18.2 Å². The zero-order valence-electron chi connectivity index (χ0n) is 10.3. The number of likely N-dealkylation sites (N-methyl/N-ethyl adjacent to an activating group) is 1. The molecule has 0 fully saturated rings. The van der Waals surface area contributed by atoms with Gasteiger partial charge in [-0.25, -0.2) is 4.79 Å². The van der Waals surface area contributed by atoms with Crippen LogP contribution in [0.5, 0.6) is 0 Å². The van der Waals surface area contributed by atoms with Crippen molar-refractivity contribution in [1.82, 2.24) is 5.32 Å². The van der Waals surface area contributed by atoms with Crippen molar-refractivity contribution in [2.45, 2.75) is 6.42 Å². The summed E-state index contributed by atoms with van der Waals surface area (Å²) in [5.41, 5.74) is 1.13. The number of carbonyl (C=O) groups is 3. The van der Waals surface area contributed by atoms with E-state index in [-0.39, 0.29) is 12.3 Å². The predicted molar refractivity (Wildman–Crippen MR) is 69.6 cm³/mol. The Balaban J connectivity index is 2.80. The average molecular weight is 262 g/mol. The van der Waals surface area contributed by atoms with E-state index in [0.29, 0.717) is 11.3 Å². The van der Waals surface area contributed by atoms with Gasteiger partial charge in [-0.3, -0.25) is 9.59 Å². The van der Waals surface area contributed by atoms with Crippen molar-refractivity contribution in [3.8, 4) is 0 Å². The molecule has 0 heterocycles. The Kier molecular flexibility index (Phi) is 5.28. The zero-order valence-corrected chi connectivity index (χ0v) is 10.3. The van der Waals surface area contributed by atoms with Crippen LogP contribution in [0.3, 0.4) is 0 Å². The highest BCUT2D eigenvalue weighted by molar-refractivity contribution is 6.03. The molecule has 6 heteroatoms. The van der Waals surface area contributed by atoms with Crippen LogP contribution in [0.4, 0.5) is 5.69 Å². The molecule has 0 atom stereocenters. The van der Waals surface area contributed by atoms with E-state index in [0.717, 1.165) is 12.2 Å². The number of carboxylic acid groups (broad SMARTS) is 1. The van der Waals surface area contributed by atoms with Gasteiger partial charge in [-0.15, -0.1) is 0 Å². The molecule has 0 aliphatic rings. The standard InChI is InChI=1S/C13H14N2O4/c1-14-12(17)8-9-4-2-3-5-10(9)15-11(16)6-7-13(18)19/h2-7H,8H2,1H3,(H,14,17)(H,15,16)(H,18,19)/b7-6+. The molecular weight excluding hydrogens is 248 g/mol. The van der Waals surface area contributed by atoms with Crippen molar-refractivity contribution in [3.05, 3.63) is 42.0 Å². The van der Waals surface area contributed by atoms with Crippen LogP contribution in [0.25, 0.3) is 0 Å². The Bertz CT molecular complexity index is 523. The smallest absolute Gasteiger partial charge is 0.328 e. The molecule has 0 aromatic heterocycles. The van der Waals surface area contributed by atoms with E-state index < -0.39 is 11.9 Å². The maximum atomic E-state index is 11.5. The summed E-state index contributed by atoms with van der Waals surface area (Å²) in [5.74, 6) is -1.94. The monoisotopic (exact) mass is 262 g/mol. The quantitative estimate of drug-likeness (QED) is 0.675. The van der Waals surface area contributed by atoms with Crippen molar-refractivity contribution in [2.75, 3.05) is 12.4 Å². The fourth-order valence-corrected chi connectivity index (χ4v) is 1.38. The Morgan fingerprint density at radius 2 is 1.89 bits per heavy atom. The first kappa shape index (κ1) is 14.4. The summed E-state index contributed by atoms with van der Waals surface area (Å²) in [6.45, 7) is 0. The fraction of sp³-hybridized carbons (Fsp3) is 0.154. The normalized spacial score (nSPS) is 10.2. The molecule has 100 valence electrons. The SMILES string of the molecule is CNC(=O)Cc1ccccc1NC(=O)/C=C/C(=O)O. The first-order valence-corrected chi connectivity index (χ1v) is 5.53. The van der Waals surface area contributed by atoms with Crippen LogP contribution < -0.4 is 10.6 Å².